The summed E-state index contributed by atoms with van der Waals surface area (Å²) in [7, 11) is 7.47. The first-order valence-electron chi connectivity index (χ1n) is 9.94. The van der Waals surface area contributed by atoms with Gasteiger partial charge in [0.05, 0.1) is 25.0 Å². The van der Waals surface area contributed by atoms with Crippen LogP contribution in [-0.2, 0) is 20.1 Å². The van der Waals surface area contributed by atoms with Crippen molar-refractivity contribution in [2.24, 2.45) is 12.0 Å². The molecule has 0 unspecified atom stereocenters. The third kappa shape index (κ3) is 5.18. The summed E-state index contributed by atoms with van der Waals surface area (Å²) in [5.41, 5.74) is 4.42. The Balaban J connectivity index is 1.62. The van der Waals surface area contributed by atoms with E-state index in [0.717, 1.165) is 40.2 Å². The Morgan fingerprint density at radius 3 is 2.67 bits per heavy atom. The molecule has 0 atom stereocenters. The van der Waals surface area contributed by atoms with Crippen molar-refractivity contribution in [3.8, 4) is 16.3 Å². The third-order valence-electron chi connectivity index (χ3n) is 4.78. The molecule has 0 saturated heterocycles. The molecule has 2 aromatic heterocycles. The van der Waals surface area contributed by atoms with Crippen LogP contribution in [0.2, 0.25) is 0 Å². The molecule has 3 aromatic rings. The van der Waals surface area contributed by atoms with E-state index in [4.69, 9.17) is 9.72 Å². The number of ether oxygens (including phenoxy) is 1. The fraction of sp³-hybridized carbons (Fsp3) is 0.409. The zero-order valence-corrected chi connectivity index (χ0v) is 19.3. The van der Waals surface area contributed by atoms with Crippen LogP contribution in [0, 0.1) is 0 Å². The van der Waals surface area contributed by atoms with Crippen molar-refractivity contribution in [3.05, 3.63) is 52.8 Å². The lowest BCUT2D eigenvalue weighted by molar-refractivity contribution is 0.415. The normalized spacial score (nSPS) is 11.8. The molecule has 0 fully saturated rings. The van der Waals surface area contributed by atoms with E-state index in [2.05, 4.69) is 45.7 Å². The highest BCUT2D eigenvalue weighted by atomic mass is 32.1. The number of rotatable bonds is 7. The summed E-state index contributed by atoms with van der Waals surface area (Å²) in [5, 5.41) is 11.1. The van der Waals surface area contributed by atoms with E-state index in [-0.39, 0.29) is 0 Å². The zero-order chi connectivity index (χ0) is 21.7. The van der Waals surface area contributed by atoms with Gasteiger partial charge in [-0.1, -0.05) is 13.8 Å². The maximum absolute atomic E-state index is 5.22. The Labute approximate surface area is 182 Å². The number of nitrogens with zero attached hydrogens (tertiary/aromatic N) is 5. The first kappa shape index (κ1) is 21.8. The Bertz CT molecular complexity index is 989. The predicted octanol–water partition coefficient (Wildman–Crippen LogP) is 3.88. The molecule has 1 N–H and O–H groups in total. The summed E-state index contributed by atoms with van der Waals surface area (Å²) in [6, 6.07) is 7.97. The van der Waals surface area contributed by atoms with Gasteiger partial charge in [-0.05, 0) is 30.2 Å². The summed E-state index contributed by atoms with van der Waals surface area (Å²) in [6.45, 7) is 5.70. The maximum Gasteiger partial charge on any atom is 0.194 e. The second kappa shape index (κ2) is 9.75. The van der Waals surface area contributed by atoms with Gasteiger partial charge in [-0.3, -0.25) is 9.67 Å². The number of nitrogens with one attached hydrogen (secondary N) is 1. The summed E-state index contributed by atoms with van der Waals surface area (Å²) < 4.78 is 7.10. The van der Waals surface area contributed by atoms with E-state index in [0.29, 0.717) is 12.5 Å². The Hall–Kier alpha value is -2.87. The van der Waals surface area contributed by atoms with Gasteiger partial charge < -0.3 is 15.0 Å². The van der Waals surface area contributed by atoms with E-state index in [1.807, 2.05) is 43.0 Å². The lowest BCUT2D eigenvalue weighted by atomic mass is 10.1. The van der Waals surface area contributed by atoms with Crippen LogP contribution in [0.15, 0.2) is 40.8 Å². The van der Waals surface area contributed by atoms with Gasteiger partial charge in [-0.25, -0.2) is 4.98 Å². The number of aryl methyl sites for hydroxylation is 1. The molecule has 0 aliphatic carbocycles. The molecule has 7 nitrogen and oxygen atoms in total. The lowest BCUT2D eigenvalue weighted by Gasteiger charge is -2.22. The molecular formula is C22H30N6OS. The zero-order valence-electron chi connectivity index (χ0n) is 18.5. The van der Waals surface area contributed by atoms with E-state index in [9.17, 15) is 0 Å². The fourth-order valence-corrected chi connectivity index (χ4v) is 4.13. The highest BCUT2D eigenvalue weighted by molar-refractivity contribution is 7.13. The second-order valence-corrected chi connectivity index (χ2v) is 8.36. The number of benzene rings is 1. The van der Waals surface area contributed by atoms with Crippen LogP contribution in [0.3, 0.4) is 0 Å². The van der Waals surface area contributed by atoms with Crippen LogP contribution in [0.25, 0.3) is 10.6 Å². The predicted molar refractivity (Wildman–Crippen MR) is 123 cm³/mol. The van der Waals surface area contributed by atoms with Crippen LogP contribution >= 0.6 is 11.3 Å². The van der Waals surface area contributed by atoms with Gasteiger partial charge in [0.15, 0.2) is 5.96 Å². The SMILES string of the molecule is CN=C(NCc1csc(-c2ccc(OC)cc2)n1)N(C)Cc1cn(C)nc1C(C)C. The third-order valence-corrected chi connectivity index (χ3v) is 5.72. The number of hydrogen-bond donors (Lipinski definition) is 1. The summed E-state index contributed by atoms with van der Waals surface area (Å²) in [5.74, 6) is 2.06. The molecule has 0 bridgehead atoms. The molecular weight excluding hydrogens is 396 g/mol. The minimum absolute atomic E-state index is 0.385. The largest absolute Gasteiger partial charge is 0.497 e. The monoisotopic (exact) mass is 426 g/mol. The van der Waals surface area contributed by atoms with E-state index >= 15 is 0 Å². The second-order valence-electron chi connectivity index (χ2n) is 7.50. The number of guanidine groups is 1. The van der Waals surface area contributed by atoms with Crippen molar-refractivity contribution < 1.29 is 4.74 Å². The molecule has 0 aliphatic heterocycles. The van der Waals surface area contributed by atoms with E-state index < -0.39 is 0 Å². The summed E-state index contributed by atoms with van der Waals surface area (Å²) in [4.78, 5) is 11.3. The average Bonchev–Trinajstić information content (AvgIpc) is 3.35. The Kier molecular flexibility index (Phi) is 7.10. The molecule has 1 aromatic carbocycles. The minimum atomic E-state index is 0.385. The van der Waals surface area contributed by atoms with Crippen molar-refractivity contribution in [2.75, 3.05) is 21.2 Å². The number of aromatic nitrogens is 3. The van der Waals surface area contributed by atoms with E-state index in [1.54, 1.807) is 25.5 Å². The molecule has 0 amide bonds. The minimum Gasteiger partial charge on any atom is -0.497 e. The molecule has 0 saturated carbocycles. The molecule has 8 heteroatoms. The molecule has 3 rings (SSSR count). The topological polar surface area (TPSA) is 67.6 Å². The van der Waals surface area contributed by atoms with Crippen LogP contribution in [-0.4, -0.2) is 46.8 Å². The van der Waals surface area contributed by atoms with Gasteiger partial charge in [0.2, 0.25) is 0 Å². The van der Waals surface area contributed by atoms with Gasteiger partial charge in [-0.2, -0.15) is 5.10 Å². The molecule has 0 aliphatic rings. The van der Waals surface area contributed by atoms with Crippen molar-refractivity contribution in [1.82, 2.24) is 25.0 Å². The van der Waals surface area contributed by atoms with Gasteiger partial charge in [0.25, 0.3) is 0 Å². The quantitative estimate of drug-likeness (QED) is 0.459. The van der Waals surface area contributed by atoms with Gasteiger partial charge in [0, 0.05) is 50.4 Å². The molecule has 0 spiro atoms. The van der Waals surface area contributed by atoms with Crippen molar-refractivity contribution >= 4 is 17.3 Å². The van der Waals surface area contributed by atoms with Gasteiger partial charge in [-0.15, -0.1) is 11.3 Å². The average molecular weight is 427 g/mol. The van der Waals surface area contributed by atoms with Crippen molar-refractivity contribution in [2.45, 2.75) is 32.9 Å². The highest BCUT2D eigenvalue weighted by Gasteiger charge is 2.15. The van der Waals surface area contributed by atoms with Crippen molar-refractivity contribution in [3.63, 3.8) is 0 Å². The summed E-state index contributed by atoms with van der Waals surface area (Å²) >= 11 is 1.64. The standard InChI is InChI=1S/C22H30N6OS/c1-15(2)20-17(13-28(5)26-20)12-27(4)22(23-3)24-11-18-14-30-21(25-18)16-7-9-19(29-6)10-8-16/h7-10,13-15H,11-12H2,1-6H3,(H,23,24). The summed E-state index contributed by atoms with van der Waals surface area (Å²) in [6.07, 6.45) is 2.08. The van der Waals surface area contributed by atoms with E-state index in [1.165, 1.54) is 5.56 Å². The number of methoxy groups -OCH3 is 1. The molecule has 2 heterocycles. The van der Waals surface area contributed by atoms with Crippen LogP contribution in [0.1, 0.15) is 36.7 Å². The van der Waals surface area contributed by atoms with Crippen molar-refractivity contribution in [1.29, 1.82) is 0 Å². The fourth-order valence-electron chi connectivity index (χ4n) is 3.30. The molecule has 0 radical (unpaired) electrons. The smallest absolute Gasteiger partial charge is 0.194 e. The van der Waals surface area contributed by atoms with Crippen LogP contribution in [0.5, 0.6) is 5.75 Å². The van der Waals surface area contributed by atoms with Crippen LogP contribution in [0.4, 0.5) is 0 Å². The molecule has 30 heavy (non-hydrogen) atoms. The van der Waals surface area contributed by atoms with Gasteiger partial charge in [0.1, 0.15) is 10.8 Å². The Morgan fingerprint density at radius 1 is 1.30 bits per heavy atom. The maximum atomic E-state index is 5.22. The Morgan fingerprint density at radius 2 is 2.03 bits per heavy atom. The van der Waals surface area contributed by atoms with Crippen LogP contribution < -0.4 is 10.1 Å². The first-order valence-corrected chi connectivity index (χ1v) is 10.8. The lowest BCUT2D eigenvalue weighted by Crippen LogP contribution is -2.38. The first-order chi connectivity index (χ1) is 14.4. The number of thiazole rings is 1. The van der Waals surface area contributed by atoms with Gasteiger partial charge >= 0.3 is 0 Å². The molecule has 160 valence electrons. The number of hydrogen-bond acceptors (Lipinski definition) is 5. The highest BCUT2D eigenvalue weighted by Crippen LogP contribution is 2.25. The number of aliphatic imine (C=N–C) groups is 1.